The molecule has 0 radical (unpaired) electrons. The number of nitrogens with one attached hydrogen (secondary N) is 2. The van der Waals surface area contributed by atoms with Crippen molar-refractivity contribution in [3.63, 3.8) is 0 Å². The van der Waals surface area contributed by atoms with Crippen LogP contribution in [-0.2, 0) is 6.54 Å². The Morgan fingerprint density at radius 2 is 2.00 bits per heavy atom. The molecule has 8 heteroatoms. The highest BCUT2D eigenvalue weighted by Gasteiger charge is 2.24. The van der Waals surface area contributed by atoms with E-state index in [4.69, 9.17) is 9.47 Å². The van der Waals surface area contributed by atoms with Crippen LogP contribution in [0.2, 0.25) is 0 Å². The minimum atomic E-state index is 0. The first-order valence-corrected chi connectivity index (χ1v) is 11.7. The summed E-state index contributed by atoms with van der Waals surface area (Å²) in [4.78, 5) is 11.3. The van der Waals surface area contributed by atoms with Crippen LogP contribution < -0.4 is 20.1 Å². The molecule has 1 saturated heterocycles. The number of rotatable bonds is 10. The molecule has 1 unspecified atom stereocenters. The Balaban J connectivity index is 0.00000306. The van der Waals surface area contributed by atoms with Crippen LogP contribution in [0, 0.1) is 5.92 Å². The average Bonchev–Trinajstić information content (AvgIpc) is 3.52. The van der Waals surface area contributed by atoms with Crippen LogP contribution in [0.3, 0.4) is 0 Å². The third kappa shape index (κ3) is 7.74. The van der Waals surface area contributed by atoms with E-state index >= 15 is 0 Å². The zero-order valence-electron chi connectivity index (χ0n) is 19.6. The number of hydrogen-bond donors (Lipinski definition) is 2. The van der Waals surface area contributed by atoms with Gasteiger partial charge in [0.15, 0.2) is 5.96 Å². The van der Waals surface area contributed by atoms with E-state index in [0.29, 0.717) is 12.4 Å². The molecular weight excluding hydrogens is 529 g/mol. The highest BCUT2D eigenvalue weighted by Crippen LogP contribution is 2.29. The lowest BCUT2D eigenvalue weighted by Gasteiger charge is -2.29. The lowest BCUT2D eigenvalue weighted by atomic mass is 10.1. The maximum atomic E-state index is 5.81. The van der Waals surface area contributed by atoms with Crippen LogP contribution in [0.4, 0.5) is 0 Å². The first-order valence-electron chi connectivity index (χ1n) is 11.7. The third-order valence-corrected chi connectivity index (χ3v) is 6.17. The van der Waals surface area contributed by atoms with E-state index in [1.54, 1.807) is 7.11 Å². The Labute approximate surface area is 214 Å². The number of benzene rings is 1. The monoisotopic (exact) mass is 565 g/mol. The Morgan fingerprint density at radius 3 is 2.73 bits per heavy atom. The number of aromatic nitrogens is 1. The maximum absolute atomic E-state index is 5.81. The van der Waals surface area contributed by atoms with Gasteiger partial charge in [0.2, 0.25) is 5.88 Å². The van der Waals surface area contributed by atoms with Crippen molar-refractivity contribution in [3.05, 3.63) is 53.7 Å². The van der Waals surface area contributed by atoms with Gasteiger partial charge in [0.25, 0.3) is 0 Å². The summed E-state index contributed by atoms with van der Waals surface area (Å²) in [5.74, 6) is 3.10. The lowest BCUT2D eigenvalue weighted by molar-refractivity contribution is 0.245. The zero-order chi connectivity index (χ0) is 22.2. The molecule has 33 heavy (non-hydrogen) atoms. The number of nitrogens with zero attached hydrogens (tertiary/aromatic N) is 3. The standard InChI is InChI=1S/C25H35N5O2.HI/c1-26-25(28-16-20-10-11-27-24(14-20)32-18-19-8-9-19)29-17-23(30-12-3-4-13-30)21-6-5-7-22(15-21)31-2;/h5-7,10-11,14-15,19,23H,3-4,8-9,12-13,16-18H2,1-2H3,(H2,26,28,29);1H. The number of likely N-dealkylation sites (tertiary alicyclic amines) is 1. The van der Waals surface area contributed by atoms with Gasteiger partial charge < -0.3 is 20.1 Å². The SMILES string of the molecule is CN=C(NCc1ccnc(OCC2CC2)c1)NCC(c1cccc(OC)c1)N1CCCC1.I. The largest absolute Gasteiger partial charge is 0.497 e. The van der Waals surface area contributed by atoms with Crippen molar-refractivity contribution >= 4 is 29.9 Å². The van der Waals surface area contributed by atoms with E-state index in [9.17, 15) is 0 Å². The molecule has 0 amide bonds. The summed E-state index contributed by atoms with van der Waals surface area (Å²) < 4.78 is 11.3. The second-order valence-electron chi connectivity index (χ2n) is 8.60. The average molecular weight is 566 g/mol. The number of methoxy groups -OCH3 is 1. The molecule has 1 aromatic carbocycles. The molecule has 4 rings (SSSR count). The molecular formula is C25H36IN5O2. The summed E-state index contributed by atoms with van der Waals surface area (Å²) in [6.45, 7) is 4.45. The normalized spacial score (nSPS) is 17.2. The molecule has 1 aliphatic carbocycles. The van der Waals surface area contributed by atoms with Crippen molar-refractivity contribution in [2.24, 2.45) is 10.9 Å². The summed E-state index contributed by atoms with van der Waals surface area (Å²) in [6, 6.07) is 12.7. The van der Waals surface area contributed by atoms with Crippen LogP contribution in [-0.4, -0.2) is 56.2 Å². The highest BCUT2D eigenvalue weighted by molar-refractivity contribution is 14.0. The topological polar surface area (TPSA) is 71.0 Å². The second kappa shape index (κ2) is 13.0. The Kier molecular flexibility index (Phi) is 10.1. The summed E-state index contributed by atoms with van der Waals surface area (Å²) in [5, 5.41) is 6.95. The number of aliphatic imine (C=N–C) groups is 1. The Hall–Kier alpha value is -2.07. The zero-order valence-corrected chi connectivity index (χ0v) is 22.0. The van der Waals surface area contributed by atoms with E-state index in [0.717, 1.165) is 49.4 Å². The van der Waals surface area contributed by atoms with Crippen LogP contribution in [0.25, 0.3) is 0 Å². The fourth-order valence-corrected chi connectivity index (χ4v) is 4.09. The summed E-state index contributed by atoms with van der Waals surface area (Å²) in [6.07, 6.45) is 6.86. The Morgan fingerprint density at radius 1 is 1.18 bits per heavy atom. The molecule has 0 spiro atoms. The molecule has 2 aliphatic rings. The van der Waals surface area contributed by atoms with Crippen LogP contribution in [0.15, 0.2) is 47.6 Å². The van der Waals surface area contributed by atoms with Gasteiger partial charge in [-0.25, -0.2) is 4.98 Å². The molecule has 1 aromatic heterocycles. The smallest absolute Gasteiger partial charge is 0.213 e. The van der Waals surface area contributed by atoms with Gasteiger partial charge in [0.05, 0.1) is 19.8 Å². The van der Waals surface area contributed by atoms with Crippen molar-refractivity contribution < 1.29 is 9.47 Å². The molecule has 180 valence electrons. The molecule has 0 bridgehead atoms. The summed E-state index contributed by atoms with van der Waals surface area (Å²) in [5.41, 5.74) is 2.39. The van der Waals surface area contributed by atoms with Crippen LogP contribution >= 0.6 is 24.0 Å². The van der Waals surface area contributed by atoms with E-state index in [1.165, 1.54) is 31.2 Å². The van der Waals surface area contributed by atoms with Gasteiger partial charge in [0.1, 0.15) is 5.75 Å². The van der Waals surface area contributed by atoms with E-state index in [-0.39, 0.29) is 30.0 Å². The van der Waals surface area contributed by atoms with Gasteiger partial charge in [-0.3, -0.25) is 9.89 Å². The predicted molar refractivity (Wildman–Crippen MR) is 143 cm³/mol. The molecule has 1 saturated carbocycles. The van der Waals surface area contributed by atoms with E-state index in [2.05, 4.69) is 43.7 Å². The van der Waals surface area contributed by atoms with Gasteiger partial charge >= 0.3 is 0 Å². The number of ether oxygens (including phenoxy) is 2. The Bertz CT molecular complexity index is 900. The molecule has 2 heterocycles. The van der Waals surface area contributed by atoms with Gasteiger partial charge in [-0.05, 0) is 74.0 Å². The molecule has 7 nitrogen and oxygen atoms in total. The van der Waals surface area contributed by atoms with E-state index < -0.39 is 0 Å². The van der Waals surface area contributed by atoms with Crippen molar-refractivity contribution in [1.29, 1.82) is 0 Å². The molecule has 2 N–H and O–H groups in total. The molecule has 1 atom stereocenters. The third-order valence-electron chi connectivity index (χ3n) is 6.17. The van der Waals surface area contributed by atoms with E-state index in [1.807, 2.05) is 31.4 Å². The van der Waals surface area contributed by atoms with Crippen LogP contribution in [0.1, 0.15) is 42.9 Å². The van der Waals surface area contributed by atoms with Crippen molar-refractivity contribution in [3.8, 4) is 11.6 Å². The lowest BCUT2D eigenvalue weighted by Crippen LogP contribution is -2.42. The molecule has 2 fully saturated rings. The number of halogens is 1. The van der Waals surface area contributed by atoms with Gasteiger partial charge in [-0.2, -0.15) is 0 Å². The number of pyridine rings is 1. The first kappa shape index (κ1) is 25.6. The van der Waals surface area contributed by atoms with Crippen molar-refractivity contribution in [1.82, 2.24) is 20.5 Å². The van der Waals surface area contributed by atoms with Crippen molar-refractivity contribution in [2.75, 3.05) is 40.4 Å². The maximum Gasteiger partial charge on any atom is 0.213 e. The number of guanidine groups is 1. The summed E-state index contributed by atoms with van der Waals surface area (Å²) >= 11 is 0. The van der Waals surface area contributed by atoms with Gasteiger partial charge in [-0.1, -0.05) is 12.1 Å². The second-order valence-corrected chi connectivity index (χ2v) is 8.60. The predicted octanol–water partition coefficient (Wildman–Crippen LogP) is 4.00. The van der Waals surface area contributed by atoms with Crippen LogP contribution in [0.5, 0.6) is 11.6 Å². The highest BCUT2D eigenvalue weighted by atomic mass is 127. The molecule has 2 aromatic rings. The molecule has 1 aliphatic heterocycles. The van der Waals surface area contributed by atoms with Crippen molar-refractivity contribution in [2.45, 2.75) is 38.3 Å². The minimum absolute atomic E-state index is 0. The fourth-order valence-electron chi connectivity index (χ4n) is 4.09. The quantitative estimate of drug-likeness (QED) is 0.258. The fraction of sp³-hybridized carbons (Fsp3) is 0.520. The minimum Gasteiger partial charge on any atom is -0.497 e. The number of hydrogen-bond acceptors (Lipinski definition) is 5. The van der Waals surface area contributed by atoms with Gasteiger partial charge in [0, 0.05) is 32.4 Å². The van der Waals surface area contributed by atoms with Gasteiger partial charge in [-0.15, -0.1) is 24.0 Å². The summed E-state index contributed by atoms with van der Waals surface area (Å²) in [7, 11) is 3.53. The first-order chi connectivity index (χ1) is 15.7.